The maximum absolute atomic E-state index is 13.0. The fourth-order valence-corrected chi connectivity index (χ4v) is 4.21. The largest absolute Gasteiger partial charge is 0.508 e. The molecule has 0 spiro atoms. The van der Waals surface area contributed by atoms with E-state index in [1.807, 2.05) is 4.90 Å². The highest BCUT2D eigenvalue weighted by Gasteiger charge is 2.28. The maximum Gasteiger partial charge on any atom is 0.254 e. The second-order valence-electron chi connectivity index (χ2n) is 7.18. The van der Waals surface area contributed by atoms with Gasteiger partial charge in [-0.1, -0.05) is 6.42 Å². The van der Waals surface area contributed by atoms with Crippen LogP contribution in [0.1, 0.15) is 42.5 Å². The molecule has 2 fully saturated rings. The number of phenolic OH excluding ortho intramolecular Hbond substituents is 1. The van der Waals surface area contributed by atoms with Crippen molar-refractivity contribution in [2.75, 3.05) is 26.2 Å². The second kappa shape index (κ2) is 7.00. The third-order valence-corrected chi connectivity index (χ3v) is 5.62. The van der Waals surface area contributed by atoms with Gasteiger partial charge >= 0.3 is 0 Å². The number of amides is 1. The predicted molar refractivity (Wildman–Crippen MR) is 97.8 cm³/mol. The standard InChI is InChI=1S/C20H25N3O2/c24-16-4-5-17-18(6-9-21-19(17)14-16)20(25)23-12-7-15(8-13-23)22-10-2-1-3-11-22/h4-6,9,14-15,24H,1-3,7-8,10-13H2. The van der Waals surface area contributed by atoms with Crippen molar-refractivity contribution in [1.29, 1.82) is 0 Å². The van der Waals surface area contributed by atoms with Gasteiger partial charge in [-0.3, -0.25) is 9.78 Å². The Morgan fingerprint density at radius 3 is 2.56 bits per heavy atom. The lowest BCUT2D eigenvalue weighted by Crippen LogP contribution is -2.48. The van der Waals surface area contributed by atoms with Gasteiger partial charge in [0.2, 0.25) is 0 Å². The van der Waals surface area contributed by atoms with Gasteiger partial charge in [0.15, 0.2) is 0 Å². The molecule has 1 amide bonds. The van der Waals surface area contributed by atoms with Gasteiger partial charge in [-0.15, -0.1) is 0 Å². The zero-order chi connectivity index (χ0) is 17.2. The number of carbonyl (C=O) groups excluding carboxylic acids is 1. The summed E-state index contributed by atoms with van der Waals surface area (Å²) in [7, 11) is 0. The molecule has 4 rings (SSSR count). The first-order chi connectivity index (χ1) is 12.2. The fourth-order valence-electron chi connectivity index (χ4n) is 4.21. The minimum absolute atomic E-state index is 0.0789. The van der Waals surface area contributed by atoms with Crippen LogP contribution in [0.4, 0.5) is 0 Å². The minimum atomic E-state index is 0.0789. The normalized spacial score (nSPS) is 20.1. The molecule has 0 saturated carbocycles. The molecular formula is C20H25N3O2. The number of hydrogen-bond donors (Lipinski definition) is 1. The molecule has 5 nitrogen and oxygen atoms in total. The average molecular weight is 339 g/mol. The van der Waals surface area contributed by atoms with Crippen LogP contribution in [0, 0.1) is 0 Å². The van der Waals surface area contributed by atoms with Crippen molar-refractivity contribution in [3.8, 4) is 5.75 Å². The molecule has 1 aromatic carbocycles. The Morgan fingerprint density at radius 2 is 1.80 bits per heavy atom. The van der Waals surface area contributed by atoms with E-state index in [1.54, 1.807) is 30.5 Å². The zero-order valence-electron chi connectivity index (χ0n) is 14.5. The van der Waals surface area contributed by atoms with Crippen LogP contribution in [0.15, 0.2) is 30.5 Å². The Morgan fingerprint density at radius 1 is 1.04 bits per heavy atom. The molecule has 2 aromatic rings. The number of aromatic nitrogens is 1. The van der Waals surface area contributed by atoms with E-state index in [0.717, 1.165) is 31.3 Å². The lowest BCUT2D eigenvalue weighted by Gasteiger charge is -2.40. The summed E-state index contributed by atoms with van der Waals surface area (Å²) in [6.45, 7) is 4.08. The minimum Gasteiger partial charge on any atom is -0.508 e. The SMILES string of the molecule is O=C(c1ccnc2cc(O)ccc12)N1CCC(N2CCCCC2)CC1. The number of hydrogen-bond acceptors (Lipinski definition) is 4. The molecule has 132 valence electrons. The predicted octanol–water partition coefficient (Wildman–Crippen LogP) is 3.03. The summed E-state index contributed by atoms with van der Waals surface area (Å²) in [5.74, 6) is 0.252. The molecule has 0 radical (unpaired) electrons. The molecule has 3 heterocycles. The van der Waals surface area contributed by atoms with E-state index >= 15 is 0 Å². The van der Waals surface area contributed by atoms with Gasteiger partial charge in [-0.25, -0.2) is 0 Å². The summed E-state index contributed by atoms with van der Waals surface area (Å²) < 4.78 is 0. The Balaban J connectivity index is 1.47. The number of pyridine rings is 1. The first-order valence-corrected chi connectivity index (χ1v) is 9.33. The number of rotatable bonds is 2. The molecule has 5 heteroatoms. The van der Waals surface area contributed by atoms with Crippen LogP contribution >= 0.6 is 0 Å². The number of carbonyl (C=O) groups is 1. The maximum atomic E-state index is 13.0. The van der Waals surface area contributed by atoms with E-state index in [4.69, 9.17) is 0 Å². The Hall–Kier alpha value is -2.14. The van der Waals surface area contributed by atoms with Crippen molar-refractivity contribution >= 4 is 16.8 Å². The third kappa shape index (κ3) is 3.33. The number of aromatic hydroxyl groups is 1. The van der Waals surface area contributed by atoms with Gasteiger partial charge in [0.25, 0.3) is 5.91 Å². The number of nitrogens with zero attached hydrogens (tertiary/aromatic N) is 3. The Kier molecular flexibility index (Phi) is 4.57. The van der Waals surface area contributed by atoms with Crippen molar-refractivity contribution in [2.24, 2.45) is 0 Å². The fraction of sp³-hybridized carbons (Fsp3) is 0.500. The molecule has 0 bridgehead atoms. The van der Waals surface area contributed by atoms with Crippen molar-refractivity contribution < 1.29 is 9.90 Å². The second-order valence-corrected chi connectivity index (χ2v) is 7.18. The van der Waals surface area contributed by atoms with Gasteiger partial charge in [0.05, 0.1) is 11.1 Å². The smallest absolute Gasteiger partial charge is 0.254 e. The van der Waals surface area contributed by atoms with Gasteiger partial charge in [-0.05, 0) is 57.0 Å². The van der Waals surface area contributed by atoms with Crippen LogP contribution in [0.5, 0.6) is 5.75 Å². The number of phenols is 1. The molecular weight excluding hydrogens is 314 g/mol. The van der Waals surface area contributed by atoms with Crippen LogP contribution in [0.25, 0.3) is 10.9 Å². The van der Waals surface area contributed by atoms with Crippen LogP contribution in [0.2, 0.25) is 0 Å². The third-order valence-electron chi connectivity index (χ3n) is 5.62. The summed E-state index contributed by atoms with van der Waals surface area (Å²) in [5.41, 5.74) is 1.34. The van der Waals surface area contributed by atoms with Gasteiger partial charge < -0.3 is 14.9 Å². The summed E-state index contributed by atoms with van der Waals surface area (Å²) in [6, 6.07) is 7.43. The van der Waals surface area contributed by atoms with Crippen molar-refractivity contribution in [3.05, 3.63) is 36.0 Å². The number of benzene rings is 1. The van der Waals surface area contributed by atoms with Gasteiger partial charge in [0, 0.05) is 36.8 Å². The lowest BCUT2D eigenvalue weighted by molar-refractivity contribution is 0.0591. The van der Waals surface area contributed by atoms with Crippen LogP contribution in [-0.4, -0.2) is 58.0 Å². The molecule has 25 heavy (non-hydrogen) atoms. The first kappa shape index (κ1) is 16.3. The topological polar surface area (TPSA) is 56.7 Å². The molecule has 0 atom stereocenters. The number of likely N-dealkylation sites (tertiary alicyclic amines) is 2. The highest BCUT2D eigenvalue weighted by atomic mass is 16.3. The van der Waals surface area contributed by atoms with E-state index in [0.29, 0.717) is 17.1 Å². The molecule has 0 unspecified atom stereocenters. The number of piperidine rings is 2. The number of fused-ring (bicyclic) bond motifs is 1. The Labute approximate surface area is 148 Å². The zero-order valence-corrected chi connectivity index (χ0v) is 14.5. The van der Waals surface area contributed by atoms with E-state index in [1.165, 1.54) is 32.4 Å². The molecule has 1 N–H and O–H groups in total. The quantitative estimate of drug-likeness (QED) is 0.914. The molecule has 2 saturated heterocycles. The highest BCUT2D eigenvalue weighted by molar-refractivity contribution is 6.06. The van der Waals surface area contributed by atoms with E-state index in [9.17, 15) is 9.90 Å². The van der Waals surface area contributed by atoms with Crippen LogP contribution in [-0.2, 0) is 0 Å². The van der Waals surface area contributed by atoms with E-state index in [-0.39, 0.29) is 11.7 Å². The lowest BCUT2D eigenvalue weighted by atomic mass is 9.99. The van der Waals surface area contributed by atoms with Crippen molar-refractivity contribution in [1.82, 2.24) is 14.8 Å². The molecule has 2 aliphatic rings. The summed E-state index contributed by atoms with van der Waals surface area (Å²) in [6.07, 6.45) is 7.77. The van der Waals surface area contributed by atoms with Crippen LogP contribution < -0.4 is 0 Å². The van der Waals surface area contributed by atoms with Crippen LogP contribution in [0.3, 0.4) is 0 Å². The monoisotopic (exact) mass is 339 g/mol. The molecule has 0 aliphatic carbocycles. The molecule has 2 aliphatic heterocycles. The highest BCUT2D eigenvalue weighted by Crippen LogP contribution is 2.25. The van der Waals surface area contributed by atoms with E-state index in [2.05, 4.69) is 9.88 Å². The summed E-state index contributed by atoms with van der Waals surface area (Å²) >= 11 is 0. The van der Waals surface area contributed by atoms with Crippen molar-refractivity contribution in [2.45, 2.75) is 38.1 Å². The van der Waals surface area contributed by atoms with Gasteiger partial charge in [0.1, 0.15) is 5.75 Å². The Bertz CT molecular complexity index is 763. The first-order valence-electron chi connectivity index (χ1n) is 9.33. The van der Waals surface area contributed by atoms with Gasteiger partial charge in [-0.2, -0.15) is 0 Å². The van der Waals surface area contributed by atoms with E-state index < -0.39 is 0 Å². The summed E-state index contributed by atoms with van der Waals surface area (Å²) in [5, 5.41) is 10.4. The molecule has 1 aromatic heterocycles. The summed E-state index contributed by atoms with van der Waals surface area (Å²) in [4.78, 5) is 21.9. The average Bonchev–Trinajstić information content (AvgIpc) is 2.67. The van der Waals surface area contributed by atoms with Crippen molar-refractivity contribution in [3.63, 3.8) is 0 Å².